The predicted molar refractivity (Wildman–Crippen MR) is 155 cm³/mol. The lowest BCUT2D eigenvalue weighted by Crippen LogP contribution is -1.94. The molecule has 174 valence electrons. The number of nitrogens with zero attached hydrogens (tertiary/aromatic N) is 1. The van der Waals surface area contributed by atoms with Crippen LogP contribution >= 0.6 is 22.7 Å². The van der Waals surface area contributed by atoms with Crippen LogP contribution in [-0.4, -0.2) is 4.57 Å². The van der Waals surface area contributed by atoms with Gasteiger partial charge in [-0.25, -0.2) is 0 Å². The van der Waals surface area contributed by atoms with E-state index < -0.39 is 0 Å². The monoisotopic (exact) mass is 491 g/mol. The minimum Gasteiger partial charge on any atom is -0.307 e. The molecule has 3 aromatic carbocycles. The van der Waals surface area contributed by atoms with Crippen molar-refractivity contribution in [2.45, 2.75) is 39.0 Å². The van der Waals surface area contributed by atoms with Crippen molar-refractivity contribution in [2.75, 3.05) is 0 Å². The molecule has 0 saturated heterocycles. The lowest BCUT2D eigenvalue weighted by atomic mass is 10.1. The van der Waals surface area contributed by atoms with Crippen molar-refractivity contribution in [1.82, 2.24) is 4.57 Å². The third-order valence-corrected chi connectivity index (χ3v) is 9.25. The van der Waals surface area contributed by atoms with Gasteiger partial charge >= 0.3 is 0 Å². The fourth-order valence-electron chi connectivity index (χ4n) is 4.89. The van der Waals surface area contributed by atoms with Gasteiger partial charge in [0.1, 0.15) is 0 Å². The first-order valence-electron chi connectivity index (χ1n) is 12.6. The van der Waals surface area contributed by atoms with E-state index in [1.165, 1.54) is 84.7 Å². The molecule has 0 spiro atoms. The summed E-state index contributed by atoms with van der Waals surface area (Å²) in [5, 5.41) is 0. The molecule has 3 heteroatoms. The Labute approximate surface area is 215 Å². The molecule has 35 heavy (non-hydrogen) atoms. The van der Waals surface area contributed by atoms with Crippen molar-refractivity contribution in [1.29, 1.82) is 0 Å². The van der Waals surface area contributed by atoms with E-state index in [-0.39, 0.29) is 0 Å². The Hall–Kier alpha value is -3.14. The van der Waals surface area contributed by atoms with E-state index in [9.17, 15) is 0 Å². The Morgan fingerprint density at radius 3 is 1.66 bits per heavy atom. The van der Waals surface area contributed by atoms with Crippen LogP contribution in [0.25, 0.3) is 47.0 Å². The second-order valence-electron chi connectivity index (χ2n) is 9.19. The van der Waals surface area contributed by atoms with Gasteiger partial charge in [0.2, 0.25) is 0 Å². The van der Waals surface area contributed by atoms with E-state index in [0.717, 1.165) is 0 Å². The minimum atomic E-state index is 1.17. The van der Waals surface area contributed by atoms with Gasteiger partial charge in [-0.05, 0) is 53.8 Å². The van der Waals surface area contributed by atoms with Gasteiger partial charge in [-0.2, -0.15) is 0 Å². The predicted octanol–water partition coefficient (Wildman–Crippen LogP) is 10.4. The molecule has 0 bridgehead atoms. The summed E-state index contributed by atoms with van der Waals surface area (Å²) in [6, 6.07) is 35.6. The van der Waals surface area contributed by atoms with Gasteiger partial charge in [0.05, 0.1) is 20.4 Å². The van der Waals surface area contributed by atoms with Crippen LogP contribution < -0.4 is 0 Å². The van der Waals surface area contributed by atoms with E-state index in [4.69, 9.17) is 0 Å². The molecule has 0 unspecified atom stereocenters. The largest absolute Gasteiger partial charge is 0.307 e. The molecule has 0 N–H and O–H groups in total. The number of aromatic nitrogens is 1. The SMILES string of the molecule is CCCCCCc1ccc(-n2c3cc(-c4ccccc4)sc3c3sc(-c4ccccc4)cc32)cc1. The first kappa shape index (κ1) is 22.3. The van der Waals surface area contributed by atoms with Gasteiger partial charge < -0.3 is 4.57 Å². The number of unbranched alkanes of at least 4 members (excludes halogenated alkanes) is 3. The molecule has 0 saturated carbocycles. The van der Waals surface area contributed by atoms with Crippen LogP contribution in [0.4, 0.5) is 0 Å². The smallest absolute Gasteiger partial charge is 0.0711 e. The molecule has 0 fully saturated rings. The minimum absolute atomic E-state index is 1.17. The average molecular weight is 492 g/mol. The van der Waals surface area contributed by atoms with Crippen molar-refractivity contribution in [3.63, 3.8) is 0 Å². The quantitative estimate of drug-likeness (QED) is 0.187. The lowest BCUT2D eigenvalue weighted by Gasteiger charge is -2.08. The summed E-state index contributed by atoms with van der Waals surface area (Å²) >= 11 is 3.82. The molecule has 0 aliphatic rings. The molecule has 0 atom stereocenters. The molecular formula is C32H29NS2. The molecule has 3 heterocycles. The summed E-state index contributed by atoms with van der Waals surface area (Å²) in [5.74, 6) is 0. The number of rotatable bonds is 8. The molecule has 1 nitrogen and oxygen atoms in total. The first-order valence-corrected chi connectivity index (χ1v) is 14.2. The molecule has 0 radical (unpaired) electrons. The van der Waals surface area contributed by atoms with Gasteiger partial charge in [0.15, 0.2) is 0 Å². The van der Waals surface area contributed by atoms with Crippen LogP contribution in [-0.2, 0) is 6.42 Å². The average Bonchev–Trinajstić information content (AvgIpc) is 3.60. The Morgan fingerprint density at radius 1 is 0.600 bits per heavy atom. The maximum absolute atomic E-state index is 2.47. The number of fused-ring (bicyclic) bond motifs is 3. The molecule has 0 aliphatic carbocycles. The summed E-state index contributed by atoms with van der Waals surface area (Å²) in [4.78, 5) is 2.65. The highest BCUT2D eigenvalue weighted by Crippen LogP contribution is 2.46. The Bertz CT molecular complexity index is 1460. The summed E-state index contributed by atoms with van der Waals surface area (Å²) < 4.78 is 5.24. The zero-order chi connectivity index (χ0) is 23.6. The van der Waals surface area contributed by atoms with E-state index in [2.05, 4.69) is 109 Å². The van der Waals surface area contributed by atoms with Gasteiger partial charge in [-0.3, -0.25) is 0 Å². The second kappa shape index (κ2) is 9.85. The topological polar surface area (TPSA) is 4.93 Å². The molecular weight excluding hydrogens is 462 g/mol. The number of benzene rings is 3. The fourth-order valence-corrected chi connectivity index (χ4v) is 7.33. The van der Waals surface area contributed by atoms with Gasteiger partial charge in [-0.1, -0.05) is 99.0 Å². The zero-order valence-electron chi connectivity index (χ0n) is 20.0. The Kier molecular flexibility index (Phi) is 6.28. The summed E-state index contributed by atoms with van der Waals surface area (Å²) in [6.07, 6.45) is 6.40. The number of hydrogen-bond acceptors (Lipinski definition) is 2. The summed E-state index contributed by atoms with van der Waals surface area (Å²) in [5.41, 5.74) is 7.88. The van der Waals surface area contributed by atoms with Crippen molar-refractivity contribution >= 4 is 43.1 Å². The molecule has 0 amide bonds. The van der Waals surface area contributed by atoms with Crippen molar-refractivity contribution in [3.8, 4) is 26.6 Å². The number of aryl methyl sites for hydroxylation is 1. The summed E-state index contributed by atoms with van der Waals surface area (Å²) in [6.45, 7) is 2.27. The van der Waals surface area contributed by atoms with Crippen LogP contribution in [0.2, 0.25) is 0 Å². The van der Waals surface area contributed by atoms with Crippen LogP contribution in [0.15, 0.2) is 97.1 Å². The van der Waals surface area contributed by atoms with Crippen LogP contribution in [0.3, 0.4) is 0 Å². The van der Waals surface area contributed by atoms with E-state index >= 15 is 0 Å². The Morgan fingerprint density at radius 2 is 1.14 bits per heavy atom. The highest BCUT2D eigenvalue weighted by molar-refractivity contribution is 7.30. The maximum atomic E-state index is 2.47. The highest BCUT2D eigenvalue weighted by atomic mass is 32.1. The van der Waals surface area contributed by atoms with E-state index in [1.54, 1.807) is 0 Å². The van der Waals surface area contributed by atoms with E-state index in [1.807, 2.05) is 22.7 Å². The van der Waals surface area contributed by atoms with E-state index in [0.29, 0.717) is 0 Å². The Balaban J connectivity index is 1.46. The zero-order valence-corrected chi connectivity index (χ0v) is 21.7. The molecule has 6 rings (SSSR count). The van der Waals surface area contributed by atoms with Gasteiger partial charge in [-0.15, -0.1) is 22.7 Å². The summed E-state index contributed by atoms with van der Waals surface area (Å²) in [7, 11) is 0. The van der Waals surface area contributed by atoms with Gasteiger partial charge in [0, 0.05) is 15.4 Å². The highest BCUT2D eigenvalue weighted by Gasteiger charge is 2.19. The van der Waals surface area contributed by atoms with Crippen molar-refractivity contribution in [2.24, 2.45) is 0 Å². The third-order valence-electron chi connectivity index (χ3n) is 6.74. The maximum Gasteiger partial charge on any atom is 0.0711 e. The molecule has 6 aromatic rings. The first-order chi connectivity index (χ1) is 17.3. The lowest BCUT2D eigenvalue weighted by molar-refractivity contribution is 0.667. The van der Waals surface area contributed by atoms with Crippen LogP contribution in [0.1, 0.15) is 38.2 Å². The van der Waals surface area contributed by atoms with Crippen molar-refractivity contribution < 1.29 is 0 Å². The van der Waals surface area contributed by atoms with Crippen LogP contribution in [0.5, 0.6) is 0 Å². The second-order valence-corrected chi connectivity index (χ2v) is 11.3. The molecule has 0 aliphatic heterocycles. The third kappa shape index (κ3) is 4.35. The normalized spacial score (nSPS) is 11.6. The fraction of sp³-hybridized carbons (Fsp3) is 0.188. The van der Waals surface area contributed by atoms with Crippen molar-refractivity contribution in [3.05, 3.63) is 103 Å². The number of hydrogen-bond donors (Lipinski definition) is 0. The standard InChI is InChI=1S/C32H29NS2/c1-2-3-4-7-12-23-17-19-26(20-18-23)33-27-21-29(24-13-8-5-9-14-24)34-31(27)32-28(33)22-30(35-32)25-15-10-6-11-16-25/h5-6,8-11,13-22H,2-4,7,12H2,1H3. The van der Waals surface area contributed by atoms with Crippen LogP contribution in [0, 0.1) is 0 Å². The molecule has 3 aromatic heterocycles. The van der Waals surface area contributed by atoms with Gasteiger partial charge in [0.25, 0.3) is 0 Å². The number of thiophene rings is 2.